The van der Waals surface area contributed by atoms with E-state index >= 15 is 0 Å². The molecule has 0 radical (unpaired) electrons. The molecular weight excluding hydrogens is 260 g/mol. The van der Waals surface area contributed by atoms with Gasteiger partial charge in [0.05, 0.1) is 19.3 Å². The van der Waals surface area contributed by atoms with Crippen molar-refractivity contribution in [3.63, 3.8) is 0 Å². The van der Waals surface area contributed by atoms with E-state index in [1.807, 2.05) is 25.1 Å². The van der Waals surface area contributed by atoms with Gasteiger partial charge in [0.2, 0.25) is 0 Å². The Bertz CT molecular complexity index is 530. The monoisotopic (exact) mass is 278 g/mol. The van der Waals surface area contributed by atoms with E-state index in [4.69, 9.17) is 4.74 Å². The van der Waals surface area contributed by atoms with Gasteiger partial charge in [-0.05, 0) is 31.5 Å². The Balaban J connectivity index is 2.16. The molecular formula is C14H18N2O4. The summed E-state index contributed by atoms with van der Waals surface area (Å²) in [6.07, 6.45) is 0. The molecule has 0 aromatic heterocycles. The lowest BCUT2D eigenvalue weighted by atomic mass is 10.1. The van der Waals surface area contributed by atoms with E-state index in [1.165, 1.54) is 7.11 Å². The number of hydrogen-bond donors (Lipinski definition) is 1. The molecule has 0 saturated heterocycles. The number of urea groups is 1. The summed E-state index contributed by atoms with van der Waals surface area (Å²) in [6.45, 7) is 4.40. The molecule has 1 aliphatic rings. The number of benzene rings is 1. The molecule has 0 spiro atoms. The maximum Gasteiger partial charge on any atom is 0.328 e. The summed E-state index contributed by atoms with van der Waals surface area (Å²) >= 11 is 0. The van der Waals surface area contributed by atoms with Gasteiger partial charge in [0.1, 0.15) is 18.4 Å². The number of nitrogens with one attached hydrogen (secondary N) is 1. The lowest BCUT2D eigenvalue weighted by molar-refractivity contribution is -0.142. The Labute approximate surface area is 117 Å². The first-order valence-electron chi connectivity index (χ1n) is 6.42. The molecule has 0 saturated carbocycles. The number of fused-ring (bicyclic) bond motifs is 1. The van der Waals surface area contributed by atoms with Gasteiger partial charge in [-0.3, -0.25) is 4.90 Å². The molecule has 2 amide bonds. The molecule has 1 atom stereocenters. The van der Waals surface area contributed by atoms with Crippen molar-refractivity contribution in [3.8, 4) is 5.75 Å². The van der Waals surface area contributed by atoms with Crippen LogP contribution in [0.4, 0.5) is 10.5 Å². The van der Waals surface area contributed by atoms with Crippen molar-refractivity contribution < 1.29 is 19.1 Å². The second kappa shape index (κ2) is 5.81. The molecule has 0 bridgehead atoms. The lowest BCUT2D eigenvalue weighted by Gasteiger charge is -2.30. The summed E-state index contributed by atoms with van der Waals surface area (Å²) in [5.74, 6) is 0.193. The molecule has 0 aliphatic carbocycles. The van der Waals surface area contributed by atoms with Crippen molar-refractivity contribution in [2.45, 2.75) is 19.9 Å². The molecule has 1 heterocycles. The topological polar surface area (TPSA) is 67.9 Å². The number of methoxy groups -OCH3 is 1. The average molecular weight is 278 g/mol. The zero-order valence-electron chi connectivity index (χ0n) is 11.8. The Morgan fingerprint density at radius 2 is 2.20 bits per heavy atom. The van der Waals surface area contributed by atoms with E-state index in [-0.39, 0.29) is 6.03 Å². The zero-order valence-corrected chi connectivity index (χ0v) is 11.8. The van der Waals surface area contributed by atoms with Crippen molar-refractivity contribution in [2.24, 2.45) is 0 Å². The van der Waals surface area contributed by atoms with Crippen LogP contribution in [0.3, 0.4) is 0 Å². The third-order valence-electron chi connectivity index (χ3n) is 3.12. The first kappa shape index (κ1) is 14.2. The molecule has 6 heteroatoms. The number of carbonyl (C=O) groups excluding carboxylic acids is 2. The van der Waals surface area contributed by atoms with Crippen molar-refractivity contribution in [1.29, 1.82) is 0 Å². The van der Waals surface area contributed by atoms with Crippen LogP contribution in [0.1, 0.15) is 12.5 Å². The highest BCUT2D eigenvalue weighted by Gasteiger charge is 2.26. The van der Waals surface area contributed by atoms with Crippen LogP contribution in [0.25, 0.3) is 0 Å². The number of rotatable bonds is 2. The van der Waals surface area contributed by atoms with Crippen molar-refractivity contribution in [1.82, 2.24) is 5.32 Å². The lowest BCUT2D eigenvalue weighted by Crippen LogP contribution is -2.49. The van der Waals surface area contributed by atoms with Crippen LogP contribution in [-0.4, -0.2) is 38.3 Å². The minimum Gasteiger partial charge on any atom is -0.490 e. The highest BCUT2D eigenvalue weighted by Crippen LogP contribution is 2.32. The maximum atomic E-state index is 12.3. The number of aryl methyl sites for hydroxylation is 1. The third-order valence-corrected chi connectivity index (χ3v) is 3.12. The summed E-state index contributed by atoms with van der Waals surface area (Å²) in [5.41, 5.74) is 1.75. The van der Waals surface area contributed by atoms with Crippen LogP contribution in [0.2, 0.25) is 0 Å². The number of ether oxygens (including phenoxy) is 2. The number of anilines is 1. The van der Waals surface area contributed by atoms with Gasteiger partial charge >= 0.3 is 12.0 Å². The highest BCUT2D eigenvalue weighted by molar-refractivity contribution is 5.96. The van der Waals surface area contributed by atoms with Gasteiger partial charge < -0.3 is 14.8 Å². The quantitative estimate of drug-likeness (QED) is 0.832. The van der Waals surface area contributed by atoms with Gasteiger partial charge in [-0.2, -0.15) is 0 Å². The molecule has 20 heavy (non-hydrogen) atoms. The van der Waals surface area contributed by atoms with Gasteiger partial charge in [0.15, 0.2) is 0 Å². The number of hydrogen-bond acceptors (Lipinski definition) is 4. The predicted octanol–water partition coefficient (Wildman–Crippen LogP) is 1.46. The third kappa shape index (κ3) is 2.84. The number of esters is 1. The van der Waals surface area contributed by atoms with Crippen LogP contribution < -0.4 is 15.0 Å². The fourth-order valence-electron chi connectivity index (χ4n) is 2.04. The van der Waals surface area contributed by atoms with Gasteiger partial charge in [-0.15, -0.1) is 0 Å². The van der Waals surface area contributed by atoms with E-state index < -0.39 is 12.0 Å². The summed E-state index contributed by atoms with van der Waals surface area (Å²) in [7, 11) is 1.29. The van der Waals surface area contributed by atoms with Gasteiger partial charge in [-0.1, -0.05) is 6.07 Å². The van der Waals surface area contributed by atoms with Crippen molar-refractivity contribution in [2.75, 3.05) is 25.2 Å². The predicted molar refractivity (Wildman–Crippen MR) is 74.0 cm³/mol. The minimum atomic E-state index is -0.691. The Morgan fingerprint density at radius 3 is 2.90 bits per heavy atom. The standard InChI is InChI=1S/C14H18N2O4/c1-9-4-5-12-11(8-9)16(6-7-20-12)14(18)15-10(2)13(17)19-3/h4-5,8,10H,6-7H2,1-3H3,(H,15,18). The van der Waals surface area contributed by atoms with Gasteiger partial charge in [-0.25, -0.2) is 9.59 Å². The summed E-state index contributed by atoms with van der Waals surface area (Å²) in [4.78, 5) is 25.2. The minimum absolute atomic E-state index is 0.335. The van der Waals surface area contributed by atoms with Crippen molar-refractivity contribution in [3.05, 3.63) is 23.8 Å². The van der Waals surface area contributed by atoms with E-state index in [0.29, 0.717) is 24.6 Å². The Morgan fingerprint density at radius 1 is 1.45 bits per heavy atom. The summed E-state index contributed by atoms with van der Waals surface area (Å²) < 4.78 is 10.1. The number of carbonyl (C=O) groups is 2. The fourth-order valence-corrected chi connectivity index (χ4v) is 2.04. The zero-order chi connectivity index (χ0) is 14.7. The largest absolute Gasteiger partial charge is 0.490 e. The van der Waals surface area contributed by atoms with E-state index in [2.05, 4.69) is 10.1 Å². The number of amides is 2. The maximum absolute atomic E-state index is 12.3. The normalized spacial score (nSPS) is 14.8. The second-order valence-electron chi connectivity index (χ2n) is 4.67. The number of nitrogens with zero attached hydrogens (tertiary/aromatic N) is 1. The molecule has 1 N–H and O–H groups in total. The molecule has 1 aromatic rings. The fraction of sp³-hybridized carbons (Fsp3) is 0.429. The van der Waals surface area contributed by atoms with Crippen LogP contribution in [0, 0.1) is 6.92 Å². The van der Waals surface area contributed by atoms with Crippen LogP contribution in [-0.2, 0) is 9.53 Å². The molecule has 1 aliphatic heterocycles. The van der Waals surface area contributed by atoms with Crippen LogP contribution in [0.5, 0.6) is 5.75 Å². The highest BCUT2D eigenvalue weighted by atomic mass is 16.5. The molecule has 2 rings (SSSR count). The van der Waals surface area contributed by atoms with Crippen LogP contribution in [0.15, 0.2) is 18.2 Å². The van der Waals surface area contributed by atoms with E-state index in [0.717, 1.165) is 5.56 Å². The molecule has 6 nitrogen and oxygen atoms in total. The SMILES string of the molecule is COC(=O)C(C)NC(=O)N1CCOc2ccc(C)cc21. The van der Waals surface area contributed by atoms with E-state index in [9.17, 15) is 9.59 Å². The second-order valence-corrected chi connectivity index (χ2v) is 4.67. The first-order chi connectivity index (χ1) is 9.52. The Kier molecular flexibility index (Phi) is 4.12. The summed E-state index contributed by atoms with van der Waals surface area (Å²) in [6, 6.07) is 4.63. The summed E-state index contributed by atoms with van der Waals surface area (Å²) in [5, 5.41) is 2.62. The molecule has 1 aromatic carbocycles. The van der Waals surface area contributed by atoms with Gasteiger partial charge in [0, 0.05) is 0 Å². The molecule has 0 fully saturated rings. The Hall–Kier alpha value is -2.24. The molecule has 1 unspecified atom stereocenters. The van der Waals surface area contributed by atoms with E-state index in [1.54, 1.807) is 11.8 Å². The van der Waals surface area contributed by atoms with Crippen LogP contribution >= 0.6 is 0 Å². The smallest absolute Gasteiger partial charge is 0.328 e. The first-order valence-corrected chi connectivity index (χ1v) is 6.42. The van der Waals surface area contributed by atoms with Crippen molar-refractivity contribution >= 4 is 17.7 Å². The van der Waals surface area contributed by atoms with Gasteiger partial charge in [0.25, 0.3) is 0 Å². The molecule has 108 valence electrons. The average Bonchev–Trinajstić information content (AvgIpc) is 2.45.